The SMILES string of the molecule is COCCn1c(=NC(=O)c2ccnn2C(C)C)sc2cc(NC(C)=O)ccc21. The Morgan fingerprint density at radius 3 is 2.79 bits per heavy atom. The molecule has 0 aliphatic rings. The molecule has 2 amide bonds. The van der Waals surface area contributed by atoms with Crippen molar-refractivity contribution in [1.82, 2.24) is 14.3 Å². The molecule has 0 aliphatic carbocycles. The highest BCUT2D eigenvalue weighted by Crippen LogP contribution is 2.22. The molecule has 0 saturated carbocycles. The standard InChI is InChI=1S/C19H23N5O3S/c1-12(2)24-16(7-8-20-24)18(26)22-19-23(9-10-27-4)15-6-5-14(21-13(3)25)11-17(15)28-19/h5-8,11-12H,9-10H2,1-4H3,(H,21,25). The lowest BCUT2D eigenvalue weighted by Crippen LogP contribution is -2.20. The Bertz CT molecular complexity index is 1080. The molecule has 3 rings (SSSR count). The normalized spacial score (nSPS) is 12.1. The maximum Gasteiger partial charge on any atom is 0.297 e. The number of thiazole rings is 1. The molecule has 0 bridgehead atoms. The highest BCUT2D eigenvalue weighted by atomic mass is 32.1. The van der Waals surface area contributed by atoms with Crippen LogP contribution in [0, 0.1) is 0 Å². The minimum Gasteiger partial charge on any atom is -0.383 e. The summed E-state index contributed by atoms with van der Waals surface area (Å²) in [4.78, 5) is 29.1. The number of anilines is 1. The van der Waals surface area contributed by atoms with Crippen molar-refractivity contribution < 1.29 is 14.3 Å². The van der Waals surface area contributed by atoms with E-state index in [1.807, 2.05) is 36.6 Å². The van der Waals surface area contributed by atoms with Crippen molar-refractivity contribution >= 4 is 39.1 Å². The van der Waals surface area contributed by atoms with Crippen LogP contribution >= 0.6 is 11.3 Å². The van der Waals surface area contributed by atoms with Gasteiger partial charge in [0.2, 0.25) is 5.91 Å². The third-order valence-corrected chi connectivity index (χ3v) is 5.14. The second kappa shape index (κ2) is 8.49. The van der Waals surface area contributed by atoms with E-state index in [-0.39, 0.29) is 17.9 Å². The molecule has 0 radical (unpaired) electrons. The van der Waals surface area contributed by atoms with Crippen LogP contribution in [0.5, 0.6) is 0 Å². The third-order valence-electron chi connectivity index (χ3n) is 4.10. The summed E-state index contributed by atoms with van der Waals surface area (Å²) in [5.74, 6) is -0.476. The number of benzene rings is 1. The molecular formula is C19H23N5O3S. The minimum atomic E-state index is -0.342. The van der Waals surface area contributed by atoms with E-state index in [1.54, 1.807) is 24.1 Å². The van der Waals surface area contributed by atoms with Gasteiger partial charge in [-0.05, 0) is 38.1 Å². The van der Waals surface area contributed by atoms with Crippen LogP contribution in [0.15, 0.2) is 35.5 Å². The van der Waals surface area contributed by atoms with Gasteiger partial charge < -0.3 is 14.6 Å². The zero-order valence-corrected chi connectivity index (χ0v) is 17.1. The number of hydrogen-bond donors (Lipinski definition) is 1. The monoisotopic (exact) mass is 401 g/mol. The first kappa shape index (κ1) is 20.0. The van der Waals surface area contributed by atoms with Crippen LogP contribution in [0.4, 0.5) is 5.69 Å². The fourth-order valence-electron chi connectivity index (χ4n) is 2.88. The molecule has 0 unspecified atom stereocenters. The molecule has 0 spiro atoms. The van der Waals surface area contributed by atoms with Gasteiger partial charge in [0.25, 0.3) is 5.91 Å². The number of fused-ring (bicyclic) bond motifs is 1. The van der Waals surface area contributed by atoms with E-state index in [4.69, 9.17) is 4.74 Å². The molecule has 3 aromatic rings. The lowest BCUT2D eigenvalue weighted by Gasteiger charge is -2.08. The van der Waals surface area contributed by atoms with Crippen molar-refractivity contribution in [3.8, 4) is 0 Å². The van der Waals surface area contributed by atoms with Crippen molar-refractivity contribution in [3.05, 3.63) is 41.0 Å². The summed E-state index contributed by atoms with van der Waals surface area (Å²) >= 11 is 1.39. The van der Waals surface area contributed by atoms with Gasteiger partial charge in [-0.2, -0.15) is 10.1 Å². The van der Waals surface area contributed by atoms with Crippen molar-refractivity contribution in [2.75, 3.05) is 19.0 Å². The third kappa shape index (κ3) is 4.20. The first-order valence-electron chi connectivity index (χ1n) is 8.93. The minimum absolute atomic E-state index is 0.0624. The summed E-state index contributed by atoms with van der Waals surface area (Å²) in [6, 6.07) is 7.36. The van der Waals surface area contributed by atoms with Crippen molar-refractivity contribution in [2.24, 2.45) is 4.99 Å². The average Bonchev–Trinajstić information content (AvgIpc) is 3.24. The molecule has 148 valence electrons. The predicted molar refractivity (Wildman–Crippen MR) is 109 cm³/mol. The number of nitrogens with one attached hydrogen (secondary N) is 1. The van der Waals surface area contributed by atoms with E-state index in [0.717, 1.165) is 10.2 Å². The number of aromatic nitrogens is 3. The number of ether oxygens (including phenoxy) is 1. The topological polar surface area (TPSA) is 90.5 Å². The van der Waals surface area contributed by atoms with Gasteiger partial charge in [-0.15, -0.1) is 0 Å². The molecule has 1 aromatic carbocycles. The van der Waals surface area contributed by atoms with Crippen molar-refractivity contribution in [1.29, 1.82) is 0 Å². The second-order valence-corrected chi connectivity index (χ2v) is 7.57. The smallest absolute Gasteiger partial charge is 0.297 e. The quantitative estimate of drug-likeness (QED) is 0.688. The van der Waals surface area contributed by atoms with Gasteiger partial charge in [-0.1, -0.05) is 11.3 Å². The predicted octanol–water partition coefficient (Wildman–Crippen LogP) is 2.83. The Morgan fingerprint density at radius 1 is 1.32 bits per heavy atom. The molecule has 0 fully saturated rings. The van der Waals surface area contributed by atoms with Gasteiger partial charge in [-0.3, -0.25) is 14.3 Å². The van der Waals surface area contributed by atoms with E-state index < -0.39 is 0 Å². The first-order chi connectivity index (χ1) is 13.4. The number of methoxy groups -OCH3 is 1. The highest BCUT2D eigenvalue weighted by Gasteiger charge is 2.15. The molecule has 0 atom stereocenters. The van der Waals surface area contributed by atoms with E-state index in [2.05, 4.69) is 15.4 Å². The average molecular weight is 401 g/mol. The molecule has 2 heterocycles. The van der Waals surface area contributed by atoms with Crippen LogP contribution in [0.2, 0.25) is 0 Å². The maximum atomic E-state index is 12.8. The molecular weight excluding hydrogens is 378 g/mol. The molecule has 0 saturated heterocycles. The summed E-state index contributed by atoms with van der Waals surface area (Å²) in [7, 11) is 1.63. The van der Waals surface area contributed by atoms with Gasteiger partial charge >= 0.3 is 0 Å². The van der Waals surface area contributed by atoms with E-state index in [0.29, 0.717) is 29.3 Å². The van der Waals surface area contributed by atoms with Crippen molar-refractivity contribution in [2.45, 2.75) is 33.4 Å². The number of carbonyl (C=O) groups is 2. The Kier molecular flexibility index (Phi) is 6.05. The van der Waals surface area contributed by atoms with E-state index >= 15 is 0 Å². The number of rotatable bonds is 6. The van der Waals surface area contributed by atoms with Gasteiger partial charge in [-0.25, -0.2) is 0 Å². The van der Waals surface area contributed by atoms with Crippen LogP contribution in [-0.4, -0.2) is 39.9 Å². The molecule has 0 aliphatic heterocycles. The van der Waals surface area contributed by atoms with Gasteiger partial charge in [0, 0.05) is 38.5 Å². The van der Waals surface area contributed by atoms with Gasteiger partial charge in [0.05, 0.1) is 16.8 Å². The number of nitrogens with zero attached hydrogens (tertiary/aromatic N) is 4. The first-order valence-corrected chi connectivity index (χ1v) is 9.75. The molecule has 9 heteroatoms. The lowest BCUT2D eigenvalue weighted by atomic mass is 10.3. The second-order valence-electron chi connectivity index (χ2n) is 6.56. The van der Waals surface area contributed by atoms with E-state index in [1.165, 1.54) is 18.3 Å². The zero-order valence-electron chi connectivity index (χ0n) is 16.3. The molecule has 1 N–H and O–H groups in total. The van der Waals surface area contributed by atoms with Crippen molar-refractivity contribution in [3.63, 3.8) is 0 Å². The summed E-state index contributed by atoms with van der Waals surface area (Å²) in [5.41, 5.74) is 2.08. The molecule has 8 nitrogen and oxygen atoms in total. The number of amides is 2. The molecule has 28 heavy (non-hydrogen) atoms. The fraction of sp³-hybridized carbons (Fsp3) is 0.368. The summed E-state index contributed by atoms with van der Waals surface area (Å²) in [6.45, 7) is 6.45. The molecule has 2 aromatic heterocycles. The van der Waals surface area contributed by atoms with Crippen LogP contribution in [0.3, 0.4) is 0 Å². The Morgan fingerprint density at radius 2 is 2.11 bits per heavy atom. The van der Waals surface area contributed by atoms with Crippen LogP contribution in [0.25, 0.3) is 10.2 Å². The van der Waals surface area contributed by atoms with Crippen LogP contribution in [0.1, 0.15) is 37.3 Å². The summed E-state index contributed by atoms with van der Waals surface area (Å²) in [6.07, 6.45) is 1.60. The van der Waals surface area contributed by atoms with Crippen LogP contribution < -0.4 is 10.1 Å². The van der Waals surface area contributed by atoms with Gasteiger partial charge in [0.1, 0.15) is 5.69 Å². The maximum absolute atomic E-state index is 12.8. The Balaban J connectivity index is 2.09. The van der Waals surface area contributed by atoms with E-state index in [9.17, 15) is 9.59 Å². The van der Waals surface area contributed by atoms with Crippen LogP contribution in [-0.2, 0) is 16.1 Å². The fourth-order valence-corrected chi connectivity index (χ4v) is 3.97. The zero-order chi connectivity index (χ0) is 20.3. The summed E-state index contributed by atoms with van der Waals surface area (Å²) < 4.78 is 9.75. The van der Waals surface area contributed by atoms with Gasteiger partial charge in [0.15, 0.2) is 4.80 Å². The highest BCUT2D eigenvalue weighted by molar-refractivity contribution is 7.16. The number of hydrogen-bond acceptors (Lipinski definition) is 5. The Labute approximate surface area is 166 Å². The lowest BCUT2D eigenvalue weighted by molar-refractivity contribution is -0.114. The Hall–Kier alpha value is -2.78. The summed E-state index contributed by atoms with van der Waals surface area (Å²) in [5, 5.41) is 6.98. The largest absolute Gasteiger partial charge is 0.383 e. The number of carbonyl (C=O) groups excluding carboxylic acids is 2.